The number of halogens is 1. The lowest BCUT2D eigenvalue weighted by Crippen LogP contribution is -2.36. The normalized spacial score (nSPS) is 15.5. The highest BCUT2D eigenvalue weighted by molar-refractivity contribution is 5.33. The Morgan fingerprint density at radius 2 is 1.52 bits per heavy atom. The Morgan fingerprint density at radius 1 is 0.913 bits per heavy atom. The van der Waals surface area contributed by atoms with E-state index in [0.29, 0.717) is 5.75 Å². The van der Waals surface area contributed by atoms with Gasteiger partial charge in [0.25, 0.3) is 0 Å². The summed E-state index contributed by atoms with van der Waals surface area (Å²) >= 11 is 0. The lowest BCUT2D eigenvalue weighted by Gasteiger charge is -2.26. The van der Waals surface area contributed by atoms with Crippen molar-refractivity contribution >= 4 is 0 Å². The molecule has 0 bridgehead atoms. The fourth-order valence-electron chi connectivity index (χ4n) is 2.69. The number of rotatable bonds is 6. The van der Waals surface area contributed by atoms with E-state index in [1.807, 2.05) is 12.1 Å². The third-order valence-corrected chi connectivity index (χ3v) is 4.02. The molecule has 122 valence electrons. The second-order valence-corrected chi connectivity index (χ2v) is 5.76. The van der Waals surface area contributed by atoms with Crippen LogP contribution in [0, 0.1) is 5.82 Å². The topological polar surface area (TPSA) is 21.7 Å². The van der Waals surface area contributed by atoms with Gasteiger partial charge in [-0.25, -0.2) is 4.39 Å². The molecule has 0 saturated carbocycles. The molecule has 2 aromatic carbocycles. The van der Waals surface area contributed by atoms with Gasteiger partial charge in [-0.1, -0.05) is 12.1 Å². The van der Waals surface area contributed by atoms with E-state index in [9.17, 15) is 4.39 Å². The van der Waals surface area contributed by atoms with Gasteiger partial charge in [0.1, 0.15) is 17.3 Å². The smallest absolute Gasteiger partial charge is 0.127 e. The molecular weight excluding hydrogens is 293 g/mol. The molecule has 0 amide bonds. The predicted octanol–water partition coefficient (Wildman–Crippen LogP) is 3.88. The van der Waals surface area contributed by atoms with E-state index in [2.05, 4.69) is 17.0 Å². The number of hydrogen-bond acceptors (Lipinski definition) is 3. The Kier molecular flexibility index (Phi) is 5.61. The summed E-state index contributed by atoms with van der Waals surface area (Å²) in [6, 6.07) is 14.2. The molecule has 23 heavy (non-hydrogen) atoms. The van der Waals surface area contributed by atoms with Crippen molar-refractivity contribution in [3.8, 4) is 11.5 Å². The average molecular weight is 315 g/mol. The van der Waals surface area contributed by atoms with E-state index in [1.165, 1.54) is 17.7 Å². The SMILES string of the molecule is Fc1ccc(Oc2ccc(CCCN3CCOCC3)cc2)cc1. The Hall–Kier alpha value is -1.91. The maximum Gasteiger partial charge on any atom is 0.127 e. The minimum Gasteiger partial charge on any atom is -0.457 e. The summed E-state index contributed by atoms with van der Waals surface area (Å²) in [5.74, 6) is 1.16. The first-order valence-corrected chi connectivity index (χ1v) is 8.12. The average Bonchev–Trinajstić information content (AvgIpc) is 2.59. The molecule has 1 aliphatic heterocycles. The van der Waals surface area contributed by atoms with Gasteiger partial charge >= 0.3 is 0 Å². The molecule has 0 spiro atoms. The summed E-state index contributed by atoms with van der Waals surface area (Å²) in [7, 11) is 0. The molecule has 0 radical (unpaired) electrons. The zero-order valence-electron chi connectivity index (χ0n) is 13.2. The fourth-order valence-corrected chi connectivity index (χ4v) is 2.69. The van der Waals surface area contributed by atoms with Gasteiger partial charge in [-0.05, 0) is 61.3 Å². The molecule has 0 aromatic heterocycles. The molecule has 0 unspecified atom stereocenters. The van der Waals surface area contributed by atoms with Crippen molar-refractivity contribution in [1.82, 2.24) is 4.90 Å². The van der Waals surface area contributed by atoms with E-state index in [1.54, 1.807) is 12.1 Å². The first-order chi connectivity index (χ1) is 11.3. The van der Waals surface area contributed by atoms with Crippen molar-refractivity contribution in [1.29, 1.82) is 0 Å². The Balaban J connectivity index is 1.45. The van der Waals surface area contributed by atoms with Crippen molar-refractivity contribution in [3.05, 3.63) is 59.9 Å². The summed E-state index contributed by atoms with van der Waals surface area (Å²) < 4.78 is 23.9. The summed E-state index contributed by atoms with van der Waals surface area (Å²) in [6.45, 7) is 4.93. The standard InChI is InChI=1S/C19H22FNO2/c20-17-5-9-19(10-6-17)23-18-7-3-16(4-8-18)2-1-11-21-12-14-22-15-13-21/h3-10H,1-2,11-15H2. The van der Waals surface area contributed by atoms with Crippen LogP contribution in [0.25, 0.3) is 0 Å². The van der Waals surface area contributed by atoms with Gasteiger partial charge in [-0.3, -0.25) is 4.90 Å². The number of morpholine rings is 1. The highest BCUT2D eigenvalue weighted by atomic mass is 19.1. The summed E-state index contributed by atoms with van der Waals surface area (Å²) in [6.07, 6.45) is 2.21. The van der Waals surface area contributed by atoms with Crippen LogP contribution in [0.2, 0.25) is 0 Å². The number of aryl methyl sites for hydroxylation is 1. The third-order valence-electron chi connectivity index (χ3n) is 4.02. The van der Waals surface area contributed by atoms with Gasteiger partial charge in [0.15, 0.2) is 0 Å². The van der Waals surface area contributed by atoms with Gasteiger partial charge in [-0.2, -0.15) is 0 Å². The summed E-state index contributed by atoms with van der Waals surface area (Å²) in [5.41, 5.74) is 1.31. The highest BCUT2D eigenvalue weighted by Gasteiger charge is 2.09. The summed E-state index contributed by atoms with van der Waals surface area (Å²) in [5, 5.41) is 0. The third kappa shape index (κ3) is 5.05. The monoisotopic (exact) mass is 315 g/mol. The molecule has 1 aliphatic rings. The zero-order valence-corrected chi connectivity index (χ0v) is 13.2. The van der Waals surface area contributed by atoms with Crippen molar-refractivity contribution in [2.24, 2.45) is 0 Å². The predicted molar refractivity (Wildman–Crippen MR) is 88.5 cm³/mol. The molecular formula is C19H22FNO2. The minimum atomic E-state index is -0.257. The van der Waals surface area contributed by atoms with Gasteiger partial charge < -0.3 is 9.47 Å². The molecule has 1 heterocycles. The maximum absolute atomic E-state index is 12.9. The van der Waals surface area contributed by atoms with Gasteiger partial charge in [0.2, 0.25) is 0 Å². The van der Waals surface area contributed by atoms with Crippen molar-refractivity contribution in [2.75, 3.05) is 32.8 Å². The van der Waals surface area contributed by atoms with Crippen LogP contribution in [0.15, 0.2) is 48.5 Å². The molecule has 4 heteroatoms. The summed E-state index contributed by atoms with van der Waals surface area (Å²) in [4.78, 5) is 2.45. The van der Waals surface area contributed by atoms with Crippen LogP contribution in [-0.2, 0) is 11.2 Å². The van der Waals surface area contributed by atoms with Gasteiger partial charge in [-0.15, -0.1) is 0 Å². The van der Waals surface area contributed by atoms with Crippen LogP contribution >= 0.6 is 0 Å². The lowest BCUT2D eigenvalue weighted by atomic mass is 10.1. The fraction of sp³-hybridized carbons (Fsp3) is 0.368. The molecule has 0 atom stereocenters. The Morgan fingerprint density at radius 3 is 2.17 bits per heavy atom. The van der Waals surface area contributed by atoms with Crippen molar-refractivity contribution in [2.45, 2.75) is 12.8 Å². The molecule has 2 aromatic rings. The van der Waals surface area contributed by atoms with E-state index in [0.717, 1.165) is 51.4 Å². The number of ether oxygens (including phenoxy) is 2. The maximum atomic E-state index is 12.9. The first kappa shape index (κ1) is 16.0. The Bertz CT molecular complexity index is 592. The van der Waals surface area contributed by atoms with Crippen LogP contribution in [0.5, 0.6) is 11.5 Å². The largest absolute Gasteiger partial charge is 0.457 e. The lowest BCUT2D eigenvalue weighted by molar-refractivity contribution is 0.0374. The van der Waals surface area contributed by atoms with Crippen LogP contribution in [-0.4, -0.2) is 37.7 Å². The number of nitrogens with zero attached hydrogens (tertiary/aromatic N) is 1. The van der Waals surface area contributed by atoms with Crippen molar-refractivity contribution < 1.29 is 13.9 Å². The highest BCUT2D eigenvalue weighted by Crippen LogP contribution is 2.22. The second kappa shape index (κ2) is 8.09. The molecule has 1 saturated heterocycles. The van der Waals surface area contributed by atoms with Crippen LogP contribution in [0.4, 0.5) is 4.39 Å². The van der Waals surface area contributed by atoms with Crippen LogP contribution < -0.4 is 4.74 Å². The van der Waals surface area contributed by atoms with E-state index in [4.69, 9.17) is 9.47 Å². The second-order valence-electron chi connectivity index (χ2n) is 5.76. The van der Waals surface area contributed by atoms with E-state index in [-0.39, 0.29) is 5.82 Å². The molecule has 3 nitrogen and oxygen atoms in total. The molecule has 3 rings (SSSR count). The van der Waals surface area contributed by atoms with E-state index < -0.39 is 0 Å². The van der Waals surface area contributed by atoms with Crippen LogP contribution in [0.3, 0.4) is 0 Å². The van der Waals surface area contributed by atoms with Gasteiger partial charge in [0.05, 0.1) is 13.2 Å². The minimum absolute atomic E-state index is 0.257. The number of benzene rings is 2. The quantitative estimate of drug-likeness (QED) is 0.807. The Labute approximate surface area is 136 Å². The molecule has 0 aliphatic carbocycles. The molecule has 1 fully saturated rings. The van der Waals surface area contributed by atoms with Crippen molar-refractivity contribution in [3.63, 3.8) is 0 Å². The number of hydrogen-bond donors (Lipinski definition) is 0. The van der Waals surface area contributed by atoms with Gasteiger partial charge in [0, 0.05) is 13.1 Å². The first-order valence-electron chi connectivity index (χ1n) is 8.12. The zero-order chi connectivity index (χ0) is 15.9. The van der Waals surface area contributed by atoms with E-state index >= 15 is 0 Å². The van der Waals surface area contributed by atoms with Crippen LogP contribution in [0.1, 0.15) is 12.0 Å². The molecule has 0 N–H and O–H groups in total.